The number of hydrogen-bond acceptors (Lipinski definition) is 8. The number of fused-ring (bicyclic) bond motifs is 2. The summed E-state index contributed by atoms with van der Waals surface area (Å²) in [6.45, 7) is 10.2. The van der Waals surface area contributed by atoms with Gasteiger partial charge in [-0.1, -0.05) is 45.0 Å². The normalized spacial score (nSPS) is 31.3. The van der Waals surface area contributed by atoms with E-state index in [4.69, 9.17) is 20.0 Å². The number of carbonyl (C=O) groups excluding carboxylic acids is 1. The maximum Gasteiger partial charge on any atom is 0.240 e. The number of carbonyl (C=O) groups is 1. The number of amides is 1. The molecule has 0 radical (unpaired) electrons. The summed E-state index contributed by atoms with van der Waals surface area (Å²) in [4.78, 5) is 22.8. The molecule has 3 aliphatic carbocycles. The Balaban J connectivity index is 1.25. The number of aliphatic hydroxyl groups is 1. The van der Waals surface area contributed by atoms with Gasteiger partial charge in [0.05, 0.1) is 32.0 Å². The smallest absolute Gasteiger partial charge is 0.240 e. The molecule has 1 amide bonds. The van der Waals surface area contributed by atoms with Gasteiger partial charge in [0.15, 0.2) is 0 Å². The first-order valence-electron chi connectivity index (χ1n) is 18.6. The molecule has 2 heterocycles. The van der Waals surface area contributed by atoms with Crippen LogP contribution < -0.4 is 20.7 Å². The molecule has 5 aliphatic rings. The zero-order valence-electron chi connectivity index (χ0n) is 30.8. The number of nitrogens with two attached hydrogens (primary N) is 1. The van der Waals surface area contributed by atoms with Crippen LogP contribution in [0.3, 0.4) is 0 Å². The predicted octanol–water partition coefficient (Wildman–Crippen LogP) is 5.56. The molecule has 0 spiro atoms. The van der Waals surface area contributed by atoms with Gasteiger partial charge in [0.25, 0.3) is 0 Å². The lowest BCUT2D eigenvalue weighted by molar-refractivity contribution is -0.175. The number of anilines is 1. The number of para-hydroxylation sites is 1. The van der Waals surface area contributed by atoms with E-state index < -0.39 is 24.2 Å². The van der Waals surface area contributed by atoms with Crippen molar-refractivity contribution in [3.63, 3.8) is 0 Å². The molecule has 270 valence electrons. The fourth-order valence-electron chi connectivity index (χ4n) is 9.51. The van der Waals surface area contributed by atoms with Gasteiger partial charge in [0.2, 0.25) is 5.91 Å². The summed E-state index contributed by atoms with van der Waals surface area (Å²) >= 11 is 0. The summed E-state index contributed by atoms with van der Waals surface area (Å²) in [7, 11) is 5.85. The van der Waals surface area contributed by atoms with Crippen molar-refractivity contribution in [2.75, 3.05) is 39.3 Å². The van der Waals surface area contributed by atoms with Crippen LogP contribution in [0.25, 0.3) is 11.1 Å². The number of aryl methyl sites for hydroxylation is 1. The van der Waals surface area contributed by atoms with Crippen molar-refractivity contribution in [3.05, 3.63) is 47.5 Å². The topological polar surface area (TPSA) is 110 Å². The molecule has 9 nitrogen and oxygen atoms in total. The number of benzene rings is 2. The molecule has 4 N–H and O–H groups in total. The summed E-state index contributed by atoms with van der Waals surface area (Å²) in [6, 6.07) is 12.4. The average molecular weight is 677 g/mol. The Bertz CT molecular complexity index is 1460. The van der Waals surface area contributed by atoms with Crippen molar-refractivity contribution in [2.24, 2.45) is 34.8 Å². The highest BCUT2D eigenvalue weighted by Crippen LogP contribution is 2.61. The van der Waals surface area contributed by atoms with Crippen LogP contribution in [0.1, 0.15) is 77.3 Å². The highest BCUT2D eigenvalue weighted by atomic mass is 16.7. The molecule has 3 saturated carbocycles. The van der Waals surface area contributed by atoms with Crippen LogP contribution in [0.5, 0.6) is 5.75 Å². The molecule has 7 rings (SSSR count). The number of ether oxygens (including phenoxy) is 2. The van der Waals surface area contributed by atoms with E-state index in [1.165, 1.54) is 24.8 Å². The Morgan fingerprint density at radius 3 is 2.65 bits per heavy atom. The lowest BCUT2D eigenvalue weighted by atomic mass is 9.45. The lowest BCUT2D eigenvalue weighted by Gasteiger charge is -2.62. The molecule has 9 heteroatoms. The predicted molar refractivity (Wildman–Crippen MR) is 194 cm³/mol. The van der Waals surface area contributed by atoms with Crippen molar-refractivity contribution < 1.29 is 24.2 Å². The Labute approximate surface area is 293 Å². The van der Waals surface area contributed by atoms with Crippen molar-refractivity contribution in [3.8, 4) is 16.9 Å². The lowest BCUT2D eigenvalue weighted by Crippen LogP contribution is -2.62. The Morgan fingerprint density at radius 2 is 2.02 bits per heavy atom. The third-order valence-electron chi connectivity index (χ3n) is 12.6. The number of rotatable bonds is 13. The molecular weight excluding hydrogens is 616 g/mol. The van der Waals surface area contributed by atoms with Crippen LogP contribution in [-0.4, -0.2) is 80.8 Å². The standard InChI is InChI=1S/C40H60N4O5/c1-24-33-20-29(40(33,3)4)21-34(24)42-39(46)37-36(25(2)45)35(22-41)49-44(37)23-27-12-9-15-32(38(27)47-7)28-17-26(18-30(19-28)43(5)6)11-8-13-31-14-10-16-48-31/h9,12,15,17-19,24-25,29,31,33-37,45H,8,10-11,13-14,16,20-23,41H2,1-7H3,(H,42,46)/t24-,25-,29+,31-,33-,34-,35-,36+,37-/m0/s1. The SMILES string of the molecule is COc1c(CN2O[C@@H](CN)[C@@H]([C@H](C)O)[C@H]2C(=O)N[C@H]2C[C@H]3C[C@@H]([C@@H]2C)C3(C)C)cccc1-c1cc(CCC[C@H]2CCCO2)cc(N(C)C)c1. The van der Waals surface area contributed by atoms with E-state index in [1.807, 2.05) is 12.1 Å². The number of methoxy groups -OCH3 is 1. The van der Waals surface area contributed by atoms with E-state index in [2.05, 4.69) is 69.3 Å². The second-order valence-corrected chi connectivity index (χ2v) is 16.1. The summed E-state index contributed by atoms with van der Waals surface area (Å²) < 4.78 is 12.0. The second-order valence-electron chi connectivity index (χ2n) is 16.1. The molecule has 2 saturated heterocycles. The van der Waals surface area contributed by atoms with E-state index in [1.54, 1.807) is 19.1 Å². The van der Waals surface area contributed by atoms with Gasteiger partial charge in [-0.15, -0.1) is 0 Å². The minimum Gasteiger partial charge on any atom is -0.496 e. The number of hydroxylamine groups is 2. The summed E-state index contributed by atoms with van der Waals surface area (Å²) in [5, 5.41) is 16.1. The van der Waals surface area contributed by atoms with Crippen LogP contribution >= 0.6 is 0 Å². The van der Waals surface area contributed by atoms with Gasteiger partial charge in [0.1, 0.15) is 11.8 Å². The largest absolute Gasteiger partial charge is 0.496 e. The third kappa shape index (κ3) is 7.24. The molecule has 9 atom stereocenters. The number of nitrogens with one attached hydrogen (secondary N) is 1. The Morgan fingerprint density at radius 1 is 1.22 bits per heavy atom. The summed E-state index contributed by atoms with van der Waals surface area (Å²) in [5.74, 6) is 1.82. The highest BCUT2D eigenvalue weighted by Gasteiger charge is 2.57. The van der Waals surface area contributed by atoms with Crippen molar-refractivity contribution in [1.82, 2.24) is 10.4 Å². The third-order valence-corrected chi connectivity index (χ3v) is 12.6. The quantitative estimate of drug-likeness (QED) is 0.253. The van der Waals surface area contributed by atoms with Gasteiger partial charge in [-0.3, -0.25) is 9.63 Å². The van der Waals surface area contributed by atoms with Crippen LogP contribution in [0.15, 0.2) is 36.4 Å². The minimum absolute atomic E-state index is 0.0979. The zero-order chi connectivity index (χ0) is 35.0. The molecule has 2 bridgehead atoms. The van der Waals surface area contributed by atoms with Gasteiger partial charge >= 0.3 is 0 Å². The van der Waals surface area contributed by atoms with Gasteiger partial charge < -0.3 is 30.5 Å². The maximum absolute atomic E-state index is 14.2. The minimum atomic E-state index is -0.772. The van der Waals surface area contributed by atoms with Gasteiger partial charge in [0, 0.05) is 56.0 Å². The van der Waals surface area contributed by atoms with E-state index in [-0.39, 0.29) is 18.5 Å². The van der Waals surface area contributed by atoms with E-state index in [0.29, 0.717) is 35.8 Å². The zero-order valence-corrected chi connectivity index (χ0v) is 30.8. The highest BCUT2D eigenvalue weighted by molar-refractivity contribution is 5.83. The van der Waals surface area contributed by atoms with Crippen LogP contribution in [-0.2, 0) is 27.3 Å². The summed E-state index contributed by atoms with van der Waals surface area (Å²) in [5.41, 5.74) is 11.9. The molecule has 2 aromatic carbocycles. The Hall–Kier alpha value is -2.69. The van der Waals surface area contributed by atoms with Crippen molar-refractivity contribution in [1.29, 1.82) is 0 Å². The number of nitrogens with zero attached hydrogens (tertiary/aromatic N) is 2. The monoisotopic (exact) mass is 676 g/mol. The number of hydrogen-bond donors (Lipinski definition) is 3. The van der Waals surface area contributed by atoms with Crippen LogP contribution in [0.4, 0.5) is 5.69 Å². The average Bonchev–Trinajstić information content (AvgIpc) is 3.73. The van der Waals surface area contributed by atoms with E-state index in [9.17, 15) is 9.90 Å². The molecule has 5 fully saturated rings. The fraction of sp³-hybridized carbons (Fsp3) is 0.675. The first kappa shape index (κ1) is 36.1. The van der Waals surface area contributed by atoms with Gasteiger partial charge in [-0.2, -0.15) is 5.06 Å². The van der Waals surface area contributed by atoms with Crippen LogP contribution in [0.2, 0.25) is 0 Å². The molecule has 2 aromatic rings. The fourth-order valence-corrected chi connectivity index (χ4v) is 9.51. The van der Waals surface area contributed by atoms with Crippen molar-refractivity contribution in [2.45, 2.75) is 110 Å². The first-order valence-corrected chi connectivity index (χ1v) is 18.6. The maximum atomic E-state index is 14.2. The first-order chi connectivity index (χ1) is 23.4. The van der Waals surface area contributed by atoms with E-state index in [0.717, 1.165) is 60.4 Å². The van der Waals surface area contributed by atoms with Gasteiger partial charge in [-0.05, 0) is 98.3 Å². The molecule has 0 aromatic heterocycles. The molecular formula is C40H60N4O5. The van der Waals surface area contributed by atoms with E-state index >= 15 is 0 Å². The number of aliphatic hydroxyl groups excluding tert-OH is 1. The van der Waals surface area contributed by atoms with Crippen LogP contribution in [0, 0.1) is 29.1 Å². The summed E-state index contributed by atoms with van der Waals surface area (Å²) in [6.07, 6.45) is 6.86. The molecule has 2 aliphatic heterocycles. The molecule has 49 heavy (non-hydrogen) atoms. The van der Waals surface area contributed by atoms with Gasteiger partial charge in [-0.25, -0.2) is 0 Å². The Kier molecular flexibility index (Phi) is 11.0. The second kappa shape index (κ2) is 14.9. The van der Waals surface area contributed by atoms with Crippen molar-refractivity contribution >= 4 is 11.6 Å². The molecule has 0 unspecified atom stereocenters.